The molecule has 0 unspecified atom stereocenters. The maximum atomic E-state index is 12.5. The van der Waals surface area contributed by atoms with Crippen molar-refractivity contribution < 1.29 is 28.5 Å². The fourth-order valence-electron chi connectivity index (χ4n) is 2.56. The van der Waals surface area contributed by atoms with Crippen molar-refractivity contribution >= 4 is 17.8 Å². The summed E-state index contributed by atoms with van der Waals surface area (Å²) in [6, 6.07) is 10.2. The second-order valence-corrected chi connectivity index (χ2v) is 5.92. The Morgan fingerprint density at radius 1 is 0.931 bits per heavy atom. The summed E-state index contributed by atoms with van der Waals surface area (Å²) in [4.78, 5) is 24.1. The molecule has 0 bridgehead atoms. The summed E-state index contributed by atoms with van der Waals surface area (Å²) in [7, 11) is 4.56. The average Bonchev–Trinajstić information content (AvgIpc) is 2.75. The molecule has 154 valence electrons. The van der Waals surface area contributed by atoms with E-state index in [1.165, 1.54) is 20.3 Å². The number of benzene rings is 2. The number of likely N-dealkylation sites (N-methyl/N-ethyl adjacent to an activating group) is 1. The predicted octanol–water partition coefficient (Wildman–Crippen LogP) is 3.12. The highest BCUT2D eigenvalue weighted by molar-refractivity contribution is 6.08. The van der Waals surface area contributed by atoms with E-state index in [-0.39, 0.29) is 18.3 Å². The van der Waals surface area contributed by atoms with Gasteiger partial charge in [-0.3, -0.25) is 9.59 Å². The molecule has 2 aromatic carbocycles. The molecule has 29 heavy (non-hydrogen) atoms. The number of hydrogen-bond acceptors (Lipinski definition) is 6. The number of carbonyl (C=O) groups excluding carboxylic acids is 2. The Hall–Kier alpha value is -3.48. The number of rotatable bonds is 10. The van der Waals surface area contributed by atoms with Gasteiger partial charge in [-0.2, -0.15) is 0 Å². The number of allylic oxidation sites excluding steroid dienone is 1. The van der Waals surface area contributed by atoms with Gasteiger partial charge in [-0.05, 0) is 42.8 Å². The molecule has 1 amide bonds. The normalized spacial score (nSPS) is 10.5. The van der Waals surface area contributed by atoms with Crippen molar-refractivity contribution in [3.05, 3.63) is 53.6 Å². The van der Waals surface area contributed by atoms with Crippen LogP contribution in [-0.4, -0.2) is 46.2 Å². The van der Waals surface area contributed by atoms with E-state index in [0.717, 1.165) is 5.56 Å². The first-order chi connectivity index (χ1) is 14.0. The van der Waals surface area contributed by atoms with E-state index in [9.17, 15) is 9.59 Å². The summed E-state index contributed by atoms with van der Waals surface area (Å²) in [5, 5.41) is 2.66. The van der Waals surface area contributed by atoms with Crippen molar-refractivity contribution in [3.8, 4) is 23.0 Å². The van der Waals surface area contributed by atoms with Crippen LogP contribution in [-0.2, 0) is 4.79 Å². The van der Waals surface area contributed by atoms with Crippen LogP contribution in [0.3, 0.4) is 0 Å². The lowest BCUT2D eigenvalue weighted by atomic mass is 10.1. The molecule has 0 heterocycles. The molecule has 1 N–H and O–H groups in total. The van der Waals surface area contributed by atoms with E-state index in [0.29, 0.717) is 35.1 Å². The first kappa shape index (κ1) is 21.8. The number of methoxy groups -OCH3 is 3. The van der Waals surface area contributed by atoms with Gasteiger partial charge in [-0.1, -0.05) is 12.1 Å². The average molecular weight is 399 g/mol. The zero-order chi connectivity index (χ0) is 21.2. The minimum absolute atomic E-state index is 0.102. The van der Waals surface area contributed by atoms with E-state index in [1.807, 2.05) is 6.92 Å². The molecule has 0 aromatic heterocycles. The van der Waals surface area contributed by atoms with Crippen LogP contribution in [0, 0.1) is 0 Å². The van der Waals surface area contributed by atoms with E-state index < -0.39 is 0 Å². The highest BCUT2D eigenvalue weighted by atomic mass is 16.5. The van der Waals surface area contributed by atoms with Gasteiger partial charge in [0.1, 0.15) is 11.5 Å². The molecule has 0 fully saturated rings. The van der Waals surface area contributed by atoms with Crippen molar-refractivity contribution in [2.45, 2.75) is 6.92 Å². The Balaban J connectivity index is 2.14. The monoisotopic (exact) mass is 399 g/mol. The first-order valence-corrected chi connectivity index (χ1v) is 9.04. The molecular weight excluding hydrogens is 374 g/mol. The van der Waals surface area contributed by atoms with Crippen molar-refractivity contribution in [1.82, 2.24) is 5.32 Å². The van der Waals surface area contributed by atoms with Crippen molar-refractivity contribution in [2.24, 2.45) is 0 Å². The fraction of sp³-hybridized carbons (Fsp3) is 0.273. The van der Waals surface area contributed by atoms with Crippen LogP contribution in [0.25, 0.3) is 6.08 Å². The molecule has 0 spiro atoms. The maximum absolute atomic E-state index is 12.5. The van der Waals surface area contributed by atoms with E-state index in [1.54, 1.807) is 49.6 Å². The van der Waals surface area contributed by atoms with Gasteiger partial charge < -0.3 is 24.3 Å². The summed E-state index contributed by atoms with van der Waals surface area (Å²) in [5.41, 5.74) is 1.17. The smallest absolute Gasteiger partial charge is 0.257 e. The number of ketones is 1. The van der Waals surface area contributed by atoms with Gasteiger partial charge in [-0.15, -0.1) is 0 Å². The largest absolute Gasteiger partial charge is 0.497 e. The Labute approximate surface area is 170 Å². The predicted molar refractivity (Wildman–Crippen MR) is 110 cm³/mol. The van der Waals surface area contributed by atoms with Gasteiger partial charge in [0.15, 0.2) is 23.9 Å². The standard InChI is InChI=1S/C22H25NO6/c1-5-23-22(25)14-29-19-11-7-15(12-21(19)28-4)6-10-18(24)17-9-8-16(26-2)13-20(17)27-3/h6-13H,5,14H2,1-4H3,(H,23,25)/b10-6+. The van der Waals surface area contributed by atoms with Crippen molar-refractivity contribution in [1.29, 1.82) is 0 Å². The van der Waals surface area contributed by atoms with Crippen LogP contribution in [0.1, 0.15) is 22.8 Å². The second kappa shape index (κ2) is 10.8. The zero-order valence-corrected chi connectivity index (χ0v) is 17.0. The summed E-state index contributed by atoms with van der Waals surface area (Å²) >= 11 is 0. The molecule has 2 aromatic rings. The maximum Gasteiger partial charge on any atom is 0.257 e. The van der Waals surface area contributed by atoms with Crippen LogP contribution < -0.4 is 24.3 Å². The third-order valence-electron chi connectivity index (χ3n) is 4.02. The lowest BCUT2D eigenvalue weighted by molar-refractivity contribution is -0.123. The number of hydrogen-bond donors (Lipinski definition) is 1. The molecule has 0 aliphatic rings. The summed E-state index contributed by atoms with van der Waals surface area (Å²) < 4.78 is 21.2. The lowest BCUT2D eigenvalue weighted by Crippen LogP contribution is -2.28. The summed E-state index contributed by atoms with van der Waals surface area (Å²) in [5.74, 6) is 1.53. The molecule has 7 heteroatoms. The van der Waals surface area contributed by atoms with Crippen molar-refractivity contribution in [2.75, 3.05) is 34.5 Å². The van der Waals surface area contributed by atoms with Gasteiger partial charge >= 0.3 is 0 Å². The molecule has 0 atom stereocenters. The topological polar surface area (TPSA) is 83.1 Å². The Morgan fingerprint density at radius 2 is 1.69 bits per heavy atom. The quantitative estimate of drug-likeness (QED) is 0.488. The summed E-state index contributed by atoms with van der Waals surface area (Å²) in [6.07, 6.45) is 3.12. The van der Waals surface area contributed by atoms with E-state index >= 15 is 0 Å². The Morgan fingerprint density at radius 3 is 2.34 bits per heavy atom. The molecule has 7 nitrogen and oxygen atoms in total. The summed E-state index contributed by atoms with van der Waals surface area (Å²) in [6.45, 7) is 2.27. The van der Waals surface area contributed by atoms with Crippen LogP contribution >= 0.6 is 0 Å². The van der Waals surface area contributed by atoms with Crippen molar-refractivity contribution in [3.63, 3.8) is 0 Å². The minimum Gasteiger partial charge on any atom is -0.497 e. The van der Waals surface area contributed by atoms with Crippen LogP contribution in [0.15, 0.2) is 42.5 Å². The van der Waals surface area contributed by atoms with Gasteiger partial charge in [0.2, 0.25) is 0 Å². The number of carbonyl (C=O) groups is 2. The van der Waals surface area contributed by atoms with Gasteiger partial charge in [0.05, 0.1) is 26.9 Å². The molecular formula is C22H25NO6. The Bertz CT molecular complexity index is 891. The van der Waals surface area contributed by atoms with Gasteiger partial charge in [0.25, 0.3) is 5.91 Å². The lowest BCUT2D eigenvalue weighted by Gasteiger charge is -2.11. The highest BCUT2D eigenvalue weighted by Gasteiger charge is 2.11. The van der Waals surface area contributed by atoms with Crippen LogP contribution in [0.5, 0.6) is 23.0 Å². The second-order valence-electron chi connectivity index (χ2n) is 5.92. The van der Waals surface area contributed by atoms with Crippen LogP contribution in [0.2, 0.25) is 0 Å². The van der Waals surface area contributed by atoms with E-state index in [4.69, 9.17) is 18.9 Å². The molecule has 0 radical (unpaired) electrons. The molecule has 2 rings (SSSR count). The third kappa shape index (κ3) is 6.00. The SMILES string of the molecule is CCNC(=O)COc1ccc(/C=C/C(=O)c2ccc(OC)cc2OC)cc1OC. The Kier molecular flexibility index (Phi) is 8.09. The van der Waals surface area contributed by atoms with Gasteiger partial charge in [0, 0.05) is 12.6 Å². The number of nitrogens with one attached hydrogen (secondary N) is 1. The molecule has 0 aliphatic carbocycles. The number of amides is 1. The zero-order valence-electron chi connectivity index (χ0n) is 17.0. The van der Waals surface area contributed by atoms with Gasteiger partial charge in [-0.25, -0.2) is 0 Å². The molecule has 0 saturated carbocycles. The van der Waals surface area contributed by atoms with Crippen LogP contribution in [0.4, 0.5) is 0 Å². The molecule has 0 saturated heterocycles. The third-order valence-corrected chi connectivity index (χ3v) is 4.02. The minimum atomic E-state index is -0.211. The molecule has 0 aliphatic heterocycles. The fourth-order valence-corrected chi connectivity index (χ4v) is 2.56. The first-order valence-electron chi connectivity index (χ1n) is 9.04. The number of ether oxygens (including phenoxy) is 4. The van der Waals surface area contributed by atoms with E-state index in [2.05, 4.69) is 5.32 Å². The highest BCUT2D eigenvalue weighted by Crippen LogP contribution is 2.29.